The lowest BCUT2D eigenvalue weighted by atomic mass is 10.1. The number of carbonyl (C=O) groups excluding carboxylic acids is 1. The topological polar surface area (TPSA) is 67.2 Å². The van der Waals surface area contributed by atoms with E-state index in [1.807, 2.05) is 70.2 Å². The predicted octanol–water partition coefficient (Wildman–Crippen LogP) is 4.64. The maximum atomic E-state index is 13.2. The van der Waals surface area contributed by atoms with Crippen molar-refractivity contribution in [3.8, 4) is 0 Å². The van der Waals surface area contributed by atoms with Crippen LogP contribution in [0.15, 0.2) is 53.3 Å². The Balaban J connectivity index is 2.03. The summed E-state index contributed by atoms with van der Waals surface area (Å²) in [6.45, 7) is 7.93. The molecule has 6 nitrogen and oxygen atoms in total. The highest BCUT2D eigenvalue weighted by atomic mass is 16.2. The van der Waals surface area contributed by atoms with Gasteiger partial charge in [0, 0.05) is 18.8 Å². The molecule has 0 bridgehead atoms. The first kappa shape index (κ1) is 20.6. The minimum atomic E-state index is -0.331. The summed E-state index contributed by atoms with van der Waals surface area (Å²) in [5.41, 5.74) is 2.36. The fraction of sp³-hybridized carbons (Fsp3) is 0.348. The maximum absolute atomic E-state index is 13.2. The van der Waals surface area contributed by atoms with Crippen LogP contribution in [0.25, 0.3) is 10.9 Å². The van der Waals surface area contributed by atoms with Crippen molar-refractivity contribution >= 4 is 22.6 Å². The summed E-state index contributed by atoms with van der Waals surface area (Å²) in [6, 6.07) is 14.4. The molecule has 1 atom stereocenters. The van der Waals surface area contributed by atoms with Crippen LogP contribution in [0.4, 0.5) is 10.5 Å². The summed E-state index contributed by atoms with van der Waals surface area (Å²) in [7, 11) is 1.72. The van der Waals surface area contributed by atoms with Gasteiger partial charge in [0.1, 0.15) is 5.82 Å². The zero-order chi connectivity index (χ0) is 21.1. The fourth-order valence-electron chi connectivity index (χ4n) is 3.68. The van der Waals surface area contributed by atoms with E-state index in [1.54, 1.807) is 22.6 Å². The molecule has 0 saturated carbocycles. The Labute approximate surface area is 171 Å². The smallest absolute Gasteiger partial charge is 0.312 e. The van der Waals surface area contributed by atoms with Crippen LogP contribution in [0.1, 0.15) is 44.6 Å². The highest BCUT2D eigenvalue weighted by Gasteiger charge is 2.30. The second-order valence-electron chi connectivity index (χ2n) is 7.58. The number of carbonyl (C=O) groups is 1. The molecule has 6 heteroatoms. The van der Waals surface area contributed by atoms with Crippen molar-refractivity contribution in [3.05, 3.63) is 70.3 Å². The third-order valence-electron chi connectivity index (χ3n) is 5.10. The predicted molar refractivity (Wildman–Crippen MR) is 117 cm³/mol. The van der Waals surface area contributed by atoms with Gasteiger partial charge in [0.2, 0.25) is 0 Å². The van der Waals surface area contributed by atoms with Gasteiger partial charge in [0.15, 0.2) is 0 Å². The minimum Gasteiger partial charge on any atom is -0.312 e. The van der Waals surface area contributed by atoms with Gasteiger partial charge in [0.05, 0.1) is 16.9 Å². The normalized spacial score (nSPS) is 12.2. The van der Waals surface area contributed by atoms with E-state index in [0.29, 0.717) is 23.1 Å². The van der Waals surface area contributed by atoms with Gasteiger partial charge in [-0.3, -0.25) is 9.36 Å². The van der Waals surface area contributed by atoms with Crippen LogP contribution in [-0.2, 0) is 7.05 Å². The number of para-hydroxylation sites is 1. The standard InChI is InChI=1S/C23H28N4O2/c1-6-20(21-25-19-13-8-7-12-18(19)22(28)26(21)5)27(15(2)3)23(29)24-17-11-9-10-16(4)14-17/h7-15,20H,6H2,1-5H3,(H,24,29). The molecule has 0 saturated heterocycles. The Morgan fingerprint density at radius 3 is 2.55 bits per heavy atom. The molecule has 1 N–H and O–H groups in total. The van der Waals surface area contributed by atoms with Crippen molar-refractivity contribution in [1.29, 1.82) is 0 Å². The Kier molecular flexibility index (Phi) is 6.01. The zero-order valence-corrected chi connectivity index (χ0v) is 17.6. The first-order valence-corrected chi connectivity index (χ1v) is 9.95. The van der Waals surface area contributed by atoms with E-state index >= 15 is 0 Å². The fourth-order valence-corrected chi connectivity index (χ4v) is 3.68. The lowest BCUT2D eigenvalue weighted by molar-refractivity contribution is 0.159. The van der Waals surface area contributed by atoms with E-state index in [4.69, 9.17) is 4.98 Å². The zero-order valence-electron chi connectivity index (χ0n) is 17.6. The van der Waals surface area contributed by atoms with Gasteiger partial charge in [-0.15, -0.1) is 0 Å². The largest absolute Gasteiger partial charge is 0.322 e. The van der Waals surface area contributed by atoms with E-state index in [2.05, 4.69) is 5.32 Å². The first-order valence-electron chi connectivity index (χ1n) is 9.95. The quantitative estimate of drug-likeness (QED) is 0.688. The number of aryl methyl sites for hydroxylation is 1. The Hall–Kier alpha value is -3.15. The number of hydrogen-bond donors (Lipinski definition) is 1. The molecule has 1 heterocycles. The van der Waals surface area contributed by atoms with Crippen LogP contribution >= 0.6 is 0 Å². The number of anilines is 1. The third kappa shape index (κ3) is 4.16. The number of urea groups is 1. The van der Waals surface area contributed by atoms with Crippen LogP contribution in [-0.4, -0.2) is 26.5 Å². The number of aromatic nitrogens is 2. The second-order valence-corrected chi connectivity index (χ2v) is 7.58. The molecule has 0 spiro atoms. The average molecular weight is 393 g/mol. The summed E-state index contributed by atoms with van der Waals surface area (Å²) < 4.78 is 1.56. The van der Waals surface area contributed by atoms with Gasteiger partial charge in [-0.2, -0.15) is 0 Å². The van der Waals surface area contributed by atoms with Crippen molar-refractivity contribution in [2.45, 2.75) is 46.2 Å². The molecule has 0 fully saturated rings. The van der Waals surface area contributed by atoms with E-state index < -0.39 is 0 Å². The van der Waals surface area contributed by atoms with Crippen LogP contribution in [0.3, 0.4) is 0 Å². The van der Waals surface area contributed by atoms with Crippen LogP contribution in [0.2, 0.25) is 0 Å². The Bertz CT molecular complexity index is 1090. The summed E-state index contributed by atoms with van der Waals surface area (Å²) in [5, 5.41) is 3.57. The summed E-state index contributed by atoms with van der Waals surface area (Å²) >= 11 is 0. The van der Waals surface area contributed by atoms with Crippen molar-refractivity contribution in [2.24, 2.45) is 7.05 Å². The Morgan fingerprint density at radius 2 is 1.90 bits per heavy atom. The molecule has 0 aliphatic rings. The van der Waals surface area contributed by atoms with Gasteiger partial charge in [0.25, 0.3) is 5.56 Å². The average Bonchev–Trinajstić information content (AvgIpc) is 2.68. The molecule has 0 aliphatic heterocycles. The van der Waals surface area contributed by atoms with Crippen LogP contribution < -0.4 is 10.9 Å². The molecular weight excluding hydrogens is 364 g/mol. The summed E-state index contributed by atoms with van der Waals surface area (Å²) in [6.07, 6.45) is 0.637. The molecule has 2 aromatic carbocycles. The highest BCUT2D eigenvalue weighted by Crippen LogP contribution is 2.26. The molecule has 0 aliphatic carbocycles. The number of amides is 2. The molecule has 29 heavy (non-hydrogen) atoms. The molecule has 1 unspecified atom stereocenters. The van der Waals surface area contributed by atoms with Crippen molar-refractivity contribution in [2.75, 3.05) is 5.32 Å². The molecule has 152 valence electrons. The van der Waals surface area contributed by atoms with Crippen molar-refractivity contribution < 1.29 is 4.79 Å². The second kappa shape index (κ2) is 8.47. The molecule has 3 rings (SSSR count). The maximum Gasteiger partial charge on any atom is 0.322 e. The monoisotopic (exact) mass is 392 g/mol. The van der Waals surface area contributed by atoms with Gasteiger partial charge in [-0.05, 0) is 57.0 Å². The number of hydrogen-bond acceptors (Lipinski definition) is 3. The van der Waals surface area contributed by atoms with Crippen LogP contribution in [0, 0.1) is 6.92 Å². The summed E-state index contributed by atoms with van der Waals surface area (Å²) in [5.74, 6) is 0.587. The number of nitrogens with one attached hydrogen (secondary N) is 1. The van der Waals surface area contributed by atoms with Crippen LogP contribution in [0.5, 0.6) is 0 Å². The number of nitrogens with zero attached hydrogens (tertiary/aromatic N) is 3. The third-order valence-corrected chi connectivity index (χ3v) is 5.10. The van der Waals surface area contributed by atoms with Crippen molar-refractivity contribution in [3.63, 3.8) is 0 Å². The lowest BCUT2D eigenvalue weighted by Gasteiger charge is -2.35. The minimum absolute atomic E-state index is 0.0758. The molecular formula is C23H28N4O2. The van der Waals surface area contributed by atoms with E-state index in [-0.39, 0.29) is 23.7 Å². The molecule has 3 aromatic rings. The number of rotatable bonds is 5. The van der Waals surface area contributed by atoms with Gasteiger partial charge in [-0.25, -0.2) is 9.78 Å². The van der Waals surface area contributed by atoms with Gasteiger partial charge < -0.3 is 10.2 Å². The van der Waals surface area contributed by atoms with E-state index in [0.717, 1.165) is 11.3 Å². The highest BCUT2D eigenvalue weighted by molar-refractivity contribution is 5.90. The lowest BCUT2D eigenvalue weighted by Crippen LogP contribution is -2.44. The molecule has 1 aromatic heterocycles. The number of fused-ring (bicyclic) bond motifs is 1. The molecule has 0 radical (unpaired) electrons. The Morgan fingerprint density at radius 1 is 1.17 bits per heavy atom. The first-order chi connectivity index (χ1) is 13.8. The SMILES string of the molecule is CCC(c1nc2ccccc2c(=O)n1C)N(C(=O)Nc1cccc(C)c1)C(C)C. The molecule has 2 amide bonds. The number of benzene rings is 2. The van der Waals surface area contributed by atoms with Crippen molar-refractivity contribution in [1.82, 2.24) is 14.5 Å². The summed E-state index contributed by atoms with van der Waals surface area (Å²) in [4.78, 5) is 32.6. The van der Waals surface area contributed by atoms with Gasteiger partial charge >= 0.3 is 6.03 Å². The van der Waals surface area contributed by atoms with E-state index in [9.17, 15) is 9.59 Å². The van der Waals surface area contributed by atoms with Gasteiger partial charge in [-0.1, -0.05) is 31.2 Å². The van der Waals surface area contributed by atoms with E-state index in [1.165, 1.54) is 0 Å².